The number of anilines is 2. The van der Waals surface area contributed by atoms with Crippen molar-refractivity contribution in [2.24, 2.45) is 0 Å². The maximum Gasteiger partial charge on any atom is 0.408 e. The van der Waals surface area contributed by atoms with Crippen LogP contribution in [0.15, 0.2) is 18.3 Å². The lowest BCUT2D eigenvalue weighted by atomic mass is 9.86. The Balaban J connectivity index is 1.87. The third-order valence-electron chi connectivity index (χ3n) is 4.90. The summed E-state index contributed by atoms with van der Waals surface area (Å²) in [5, 5.41) is 10.5. The van der Waals surface area contributed by atoms with Crippen molar-refractivity contribution in [1.82, 2.24) is 19.7 Å². The molecule has 3 aromatic heterocycles. The smallest absolute Gasteiger partial charge is 0.370 e. The van der Waals surface area contributed by atoms with E-state index in [1.807, 2.05) is 19.9 Å². The summed E-state index contributed by atoms with van der Waals surface area (Å²) in [5.41, 5.74) is 2.96. The second-order valence-corrected chi connectivity index (χ2v) is 8.43. The topological polar surface area (TPSA) is 84.7 Å². The number of carbonyl (C=O) groups excluding carboxylic acids is 1. The van der Waals surface area contributed by atoms with E-state index in [2.05, 4.69) is 25.7 Å². The predicted molar refractivity (Wildman–Crippen MR) is 113 cm³/mol. The lowest BCUT2D eigenvalue weighted by Gasteiger charge is -2.20. The zero-order valence-corrected chi connectivity index (χ0v) is 18.0. The number of thiazole rings is 1. The molecule has 31 heavy (non-hydrogen) atoms. The standard InChI is InChI=1S/C20H21F3N6OS/c1-4-24-14-6-5-12(8-25-14)16-15-10(2)7-13-18(31-19(27-13)26-11(3)30)17(15)29(28-16)9-20(21,22)23/h5-6,8,10H,4,7,9H2,1-3H3,(H,24,25)(H,26,27,30). The van der Waals surface area contributed by atoms with Gasteiger partial charge in [0.2, 0.25) is 5.91 Å². The molecule has 4 rings (SSSR count). The SMILES string of the molecule is CCNc1ccc(-c2nn(CC(F)(F)F)c3c2C(C)Cc2nc(NC(C)=O)sc2-3)cn1. The van der Waals surface area contributed by atoms with Crippen LogP contribution in [0.5, 0.6) is 0 Å². The van der Waals surface area contributed by atoms with E-state index in [1.165, 1.54) is 18.3 Å². The minimum atomic E-state index is -4.43. The van der Waals surface area contributed by atoms with Crippen molar-refractivity contribution in [2.75, 3.05) is 17.2 Å². The summed E-state index contributed by atoms with van der Waals surface area (Å²) in [6.07, 6.45) is -2.27. The summed E-state index contributed by atoms with van der Waals surface area (Å²) in [4.78, 5) is 20.8. The van der Waals surface area contributed by atoms with Gasteiger partial charge in [0, 0.05) is 30.8 Å². The monoisotopic (exact) mass is 450 g/mol. The Morgan fingerprint density at radius 3 is 2.74 bits per heavy atom. The molecule has 0 aliphatic heterocycles. The first-order chi connectivity index (χ1) is 14.7. The number of hydrogen-bond donors (Lipinski definition) is 2. The van der Waals surface area contributed by atoms with Gasteiger partial charge in [0.1, 0.15) is 12.4 Å². The van der Waals surface area contributed by atoms with Gasteiger partial charge in [-0.05, 0) is 31.4 Å². The molecule has 2 N–H and O–H groups in total. The molecule has 7 nitrogen and oxygen atoms in total. The minimum absolute atomic E-state index is 0.0970. The molecule has 1 atom stereocenters. The number of nitrogens with zero attached hydrogens (tertiary/aromatic N) is 4. The van der Waals surface area contributed by atoms with Crippen LogP contribution in [0.2, 0.25) is 0 Å². The summed E-state index contributed by atoms with van der Waals surface area (Å²) in [7, 11) is 0. The number of rotatable bonds is 5. The van der Waals surface area contributed by atoms with E-state index in [1.54, 1.807) is 12.3 Å². The molecule has 164 valence electrons. The van der Waals surface area contributed by atoms with Gasteiger partial charge in [-0.15, -0.1) is 0 Å². The van der Waals surface area contributed by atoms with Crippen molar-refractivity contribution in [3.63, 3.8) is 0 Å². The molecule has 3 aromatic rings. The highest BCUT2D eigenvalue weighted by Crippen LogP contribution is 2.47. The Hall–Kier alpha value is -2.95. The predicted octanol–water partition coefficient (Wildman–Crippen LogP) is 4.68. The van der Waals surface area contributed by atoms with E-state index in [4.69, 9.17) is 0 Å². The fourth-order valence-electron chi connectivity index (χ4n) is 3.77. The Morgan fingerprint density at radius 2 is 2.13 bits per heavy atom. The first-order valence-electron chi connectivity index (χ1n) is 9.81. The summed E-state index contributed by atoms with van der Waals surface area (Å²) in [6.45, 7) is 4.77. The Morgan fingerprint density at radius 1 is 1.35 bits per heavy atom. The van der Waals surface area contributed by atoms with Crippen molar-refractivity contribution < 1.29 is 18.0 Å². The molecule has 11 heteroatoms. The number of alkyl halides is 3. The summed E-state index contributed by atoms with van der Waals surface area (Å²) in [5.74, 6) is 0.309. The molecule has 0 saturated carbocycles. The molecular weight excluding hydrogens is 429 g/mol. The number of carbonyl (C=O) groups is 1. The number of pyridine rings is 1. The van der Waals surface area contributed by atoms with Gasteiger partial charge < -0.3 is 10.6 Å². The zero-order chi connectivity index (χ0) is 22.3. The van der Waals surface area contributed by atoms with Gasteiger partial charge in [-0.3, -0.25) is 9.48 Å². The van der Waals surface area contributed by atoms with Gasteiger partial charge in [0.15, 0.2) is 5.13 Å². The zero-order valence-electron chi connectivity index (χ0n) is 17.2. The molecule has 1 aliphatic rings. The van der Waals surface area contributed by atoms with Crippen LogP contribution in [-0.4, -0.2) is 38.4 Å². The highest BCUT2D eigenvalue weighted by molar-refractivity contribution is 7.19. The molecule has 3 heterocycles. The molecule has 1 unspecified atom stereocenters. The molecule has 0 aromatic carbocycles. The van der Waals surface area contributed by atoms with E-state index in [-0.39, 0.29) is 11.8 Å². The van der Waals surface area contributed by atoms with Gasteiger partial charge in [-0.1, -0.05) is 18.3 Å². The molecule has 0 fully saturated rings. The van der Waals surface area contributed by atoms with Crippen molar-refractivity contribution in [1.29, 1.82) is 0 Å². The molecule has 1 aliphatic carbocycles. The number of amides is 1. The Kier molecular flexibility index (Phi) is 5.46. The van der Waals surface area contributed by atoms with Gasteiger partial charge >= 0.3 is 6.18 Å². The van der Waals surface area contributed by atoms with Gasteiger partial charge in [0.25, 0.3) is 0 Å². The van der Waals surface area contributed by atoms with E-state index in [9.17, 15) is 18.0 Å². The number of fused-ring (bicyclic) bond motifs is 3. The lowest BCUT2D eigenvalue weighted by molar-refractivity contribution is -0.142. The number of aromatic nitrogens is 4. The summed E-state index contributed by atoms with van der Waals surface area (Å²) in [6, 6.07) is 3.59. The fourth-order valence-corrected chi connectivity index (χ4v) is 4.87. The molecule has 1 amide bonds. The van der Waals surface area contributed by atoms with E-state index >= 15 is 0 Å². The second-order valence-electron chi connectivity index (χ2n) is 7.43. The van der Waals surface area contributed by atoms with Gasteiger partial charge in [0.05, 0.1) is 22.0 Å². The molecular formula is C20H21F3N6OS. The first-order valence-corrected chi connectivity index (χ1v) is 10.6. The molecule has 0 saturated heterocycles. The van der Waals surface area contributed by atoms with Crippen LogP contribution in [-0.2, 0) is 17.8 Å². The number of halogens is 3. The van der Waals surface area contributed by atoms with Gasteiger partial charge in [-0.25, -0.2) is 9.97 Å². The van der Waals surface area contributed by atoms with Crippen molar-refractivity contribution in [2.45, 2.75) is 45.8 Å². The van der Waals surface area contributed by atoms with Crippen LogP contribution in [0.1, 0.15) is 37.9 Å². The number of hydrogen-bond acceptors (Lipinski definition) is 6. The molecule has 0 spiro atoms. The highest BCUT2D eigenvalue weighted by Gasteiger charge is 2.37. The van der Waals surface area contributed by atoms with Crippen molar-refractivity contribution in [3.8, 4) is 21.8 Å². The van der Waals surface area contributed by atoms with Crippen LogP contribution >= 0.6 is 11.3 Å². The fraction of sp³-hybridized carbons (Fsp3) is 0.400. The highest BCUT2D eigenvalue weighted by atomic mass is 32.1. The van der Waals surface area contributed by atoms with E-state index in [0.29, 0.717) is 51.4 Å². The second kappa shape index (κ2) is 7.95. The Labute approximate surface area is 180 Å². The van der Waals surface area contributed by atoms with E-state index in [0.717, 1.165) is 10.2 Å². The van der Waals surface area contributed by atoms with Gasteiger partial charge in [-0.2, -0.15) is 18.3 Å². The normalized spacial score (nSPS) is 15.4. The van der Waals surface area contributed by atoms with Crippen molar-refractivity contribution >= 4 is 28.2 Å². The van der Waals surface area contributed by atoms with E-state index < -0.39 is 12.7 Å². The Bertz CT molecular complexity index is 1120. The first kappa shape index (κ1) is 21.3. The third-order valence-corrected chi connectivity index (χ3v) is 5.92. The minimum Gasteiger partial charge on any atom is -0.370 e. The van der Waals surface area contributed by atoms with Crippen LogP contribution in [0, 0.1) is 0 Å². The maximum absolute atomic E-state index is 13.4. The van der Waals surface area contributed by atoms with Crippen LogP contribution in [0.4, 0.5) is 24.1 Å². The van der Waals surface area contributed by atoms with Crippen LogP contribution < -0.4 is 10.6 Å². The summed E-state index contributed by atoms with van der Waals surface area (Å²) < 4.78 is 41.1. The van der Waals surface area contributed by atoms with Crippen molar-refractivity contribution in [3.05, 3.63) is 29.6 Å². The molecule has 0 bridgehead atoms. The average Bonchev–Trinajstić information content (AvgIpc) is 3.22. The number of nitrogens with one attached hydrogen (secondary N) is 2. The quantitative estimate of drug-likeness (QED) is 0.590. The maximum atomic E-state index is 13.4. The average molecular weight is 450 g/mol. The lowest BCUT2D eigenvalue weighted by Crippen LogP contribution is -2.20. The van der Waals surface area contributed by atoms with Crippen LogP contribution in [0.3, 0.4) is 0 Å². The largest absolute Gasteiger partial charge is 0.408 e. The van der Waals surface area contributed by atoms with Crippen LogP contribution in [0.25, 0.3) is 21.8 Å². The third kappa shape index (κ3) is 4.27. The molecule has 0 radical (unpaired) electrons. The summed E-state index contributed by atoms with van der Waals surface area (Å²) >= 11 is 1.17.